The third-order valence-corrected chi connectivity index (χ3v) is 4.11. The van der Waals surface area contributed by atoms with E-state index in [9.17, 15) is 14.7 Å². The summed E-state index contributed by atoms with van der Waals surface area (Å²) in [6.45, 7) is 4.62. The number of phenolic OH excluding ortho intramolecular Hbond substituents is 1. The van der Waals surface area contributed by atoms with Gasteiger partial charge in [-0.1, -0.05) is 42.8 Å². The molecule has 0 unspecified atom stereocenters. The Hall–Kier alpha value is -3.02. The van der Waals surface area contributed by atoms with E-state index in [1.54, 1.807) is 11.0 Å². The first kappa shape index (κ1) is 20.3. The van der Waals surface area contributed by atoms with Gasteiger partial charge in [0.15, 0.2) is 18.1 Å². The SMILES string of the molecule is CCCN(Cc1ccc(C)cc1)C(=O)COC(=O)c1cccc(OC)c1O. The molecule has 0 saturated carbocycles. The lowest BCUT2D eigenvalue weighted by Crippen LogP contribution is -2.34. The van der Waals surface area contributed by atoms with E-state index in [0.29, 0.717) is 13.1 Å². The van der Waals surface area contributed by atoms with Gasteiger partial charge in [-0.05, 0) is 31.0 Å². The molecule has 6 nitrogen and oxygen atoms in total. The Labute approximate surface area is 159 Å². The number of benzene rings is 2. The Balaban J connectivity index is 2.00. The van der Waals surface area contributed by atoms with Gasteiger partial charge in [-0.15, -0.1) is 0 Å². The average Bonchev–Trinajstić information content (AvgIpc) is 2.67. The number of aromatic hydroxyl groups is 1. The molecule has 0 atom stereocenters. The van der Waals surface area contributed by atoms with E-state index in [1.807, 2.05) is 38.1 Å². The molecule has 0 heterocycles. The van der Waals surface area contributed by atoms with Crippen molar-refractivity contribution in [3.8, 4) is 11.5 Å². The number of ether oxygens (including phenoxy) is 2. The van der Waals surface area contributed by atoms with Crippen LogP contribution in [-0.2, 0) is 16.1 Å². The van der Waals surface area contributed by atoms with Gasteiger partial charge in [0, 0.05) is 13.1 Å². The van der Waals surface area contributed by atoms with E-state index in [4.69, 9.17) is 9.47 Å². The van der Waals surface area contributed by atoms with E-state index in [1.165, 1.54) is 19.2 Å². The zero-order valence-electron chi connectivity index (χ0n) is 15.9. The number of nitrogens with zero attached hydrogens (tertiary/aromatic N) is 1. The molecular weight excluding hydrogens is 346 g/mol. The van der Waals surface area contributed by atoms with E-state index < -0.39 is 5.97 Å². The number of phenols is 1. The van der Waals surface area contributed by atoms with Crippen molar-refractivity contribution in [2.75, 3.05) is 20.3 Å². The molecule has 0 aromatic heterocycles. The molecule has 0 fully saturated rings. The first-order valence-electron chi connectivity index (χ1n) is 8.82. The maximum absolute atomic E-state index is 12.5. The topological polar surface area (TPSA) is 76.1 Å². The van der Waals surface area contributed by atoms with Gasteiger partial charge in [0.1, 0.15) is 5.56 Å². The minimum absolute atomic E-state index is 0.0391. The number of esters is 1. The molecule has 2 aromatic carbocycles. The van der Waals surface area contributed by atoms with Crippen LogP contribution in [0.15, 0.2) is 42.5 Å². The molecule has 0 bridgehead atoms. The summed E-state index contributed by atoms with van der Waals surface area (Å²) >= 11 is 0. The third-order valence-electron chi connectivity index (χ3n) is 4.11. The monoisotopic (exact) mass is 371 g/mol. The summed E-state index contributed by atoms with van der Waals surface area (Å²) in [5.74, 6) is -1.19. The second-order valence-electron chi connectivity index (χ2n) is 6.23. The summed E-state index contributed by atoms with van der Waals surface area (Å²) in [6, 6.07) is 12.5. The van der Waals surface area contributed by atoms with Crippen molar-refractivity contribution >= 4 is 11.9 Å². The van der Waals surface area contributed by atoms with Gasteiger partial charge in [-0.3, -0.25) is 4.79 Å². The predicted molar refractivity (Wildman–Crippen MR) is 102 cm³/mol. The molecule has 0 aliphatic carbocycles. The summed E-state index contributed by atoms with van der Waals surface area (Å²) in [7, 11) is 1.39. The van der Waals surface area contributed by atoms with Crippen LogP contribution in [0, 0.1) is 6.92 Å². The number of carbonyl (C=O) groups is 2. The van der Waals surface area contributed by atoms with Crippen molar-refractivity contribution in [3.63, 3.8) is 0 Å². The number of methoxy groups -OCH3 is 1. The summed E-state index contributed by atoms with van der Waals surface area (Å²) in [6.07, 6.45) is 0.794. The van der Waals surface area contributed by atoms with Crippen LogP contribution in [0.1, 0.15) is 34.8 Å². The molecule has 1 amide bonds. The summed E-state index contributed by atoms with van der Waals surface area (Å²) in [4.78, 5) is 26.4. The largest absolute Gasteiger partial charge is 0.504 e. The number of hydrogen-bond donors (Lipinski definition) is 1. The molecule has 0 spiro atoms. The van der Waals surface area contributed by atoms with Gasteiger partial charge in [0.2, 0.25) is 0 Å². The predicted octanol–water partition coefficient (Wildman–Crippen LogP) is 3.30. The molecule has 1 N–H and O–H groups in total. The highest BCUT2D eigenvalue weighted by molar-refractivity contribution is 5.94. The van der Waals surface area contributed by atoms with Gasteiger partial charge in [-0.25, -0.2) is 4.79 Å². The van der Waals surface area contributed by atoms with E-state index >= 15 is 0 Å². The Morgan fingerprint density at radius 1 is 1.11 bits per heavy atom. The summed E-state index contributed by atoms with van der Waals surface area (Å²) in [5, 5.41) is 10.0. The Morgan fingerprint density at radius 3 is 2.44 bits per heavy atom. The van der Waals surface area contributed by atoms with Gasteiger partial charge in [0.25, 0.3) is 5.91 Å². The molecule has 0 radical (unpaired) electrons. The molecule has 2 aromatic rings. The standard InChI is InChI=1S/C21H25NO5/c1-4-12-22(13-16-10-8-15(2)9-11-16)19(23)14-27-21(25)17-6-5-7-18(26-3)20(17)24/h5-11,24H,4,12-14H2,1-3H3. The van der Waals surface area contributed by atoms with E-state index in [2.05, 4.69) is 0 Å². The van der Waals surface area contributed by atoms with Crippen LogP contribution in [-0.4, -0.2) is 42.1 Å². The molecule has 0 aliphatic rings. The number of aryl methyl sites for hydroxylation is 1. The number of para-hydroxylation sites is 1. The van der Waals surface area contributed by atoms with E-state index in [0.717, 1.165) is 17.5 Å². The molecule has 27 heavy (non-hydrogen) atoms. The maximum Gasteiger partial charge on any atom is 0.342 e. The van der Waals surface area contributed by atoms with Crippen molar-refractivity contribution < 1.29 is 24.2 Å². The van der Waals surface area contributed by atoms with Crippen LogP contribution < -0.4 is 4.74 Å². The maximum atomic E-state index is 12.5. The lowest BCUT2D eigenvalue weighted by Gasteiger charge is -2.22. The van der Waals surface area contributed by atoms with Crippen LogP contribution in [0.2, 0.25) is 0 Å². The second-order valence-corrected chi connectivity index (χ2v) is 6.23. The third kappa shape index (κ3) is 5.48. The number of amides is 1. The highest BCUT2D eigenvalue weighted by Gasteiger charge is 2.19. The number of rotatable bonds is 8. The van der Waals surface area contributed by atoms with Crippen LogP contribution in [0.4, 0.5) is 0 Å². The zero-order chi connectivity index (χ0) is 19.8. The van der Waals surface area contributed by atoms with Crippen molar-refractivity contribution in [1.82, 2.24) is 4.90 Å². The molecule has 144 valence electrons. The Kier molecular flexibility index (Phi) is 7.23. The fourth-order valence-electron chi connectivity index (χ4n) is 2.62. The number of hydrogen-bond acceptors (Lipinski definition) is 5. The van der Waals surface area contributed by atoms with Gasteiger partial charge < -0.3 is 19.5 Å². The minimum atomic E-state index is -0.772. The molecule has 0 saturated heterocycles. The first-order valence-corrected chi connectivity index (χ1v) is 8.82. The van der Waals surface area contributed by atoms with Crippen LogP contribution in [0.5, 0.6) is 11.5 Å². The zero-order valence-corrected chi connectivity index (χ0v) is 15.9. The van der Waals surface area contributed by atoms with Gasteiger partial charge in [0.05, 0.1) is 7.11 Å². The summed E-state index contributed by atoms with van der Waals surface area (Å²) in [5.41, 5.74) is 2.13. The normalized spacial score (nSPS) is 10.3. The van der Waals surface area contributed by atoms with Crippen LogP contribution in [0.3, 0.4) is 0 Å². The number of carbonyl (C=O) groups excluding carboxylic acids is 2. The fourth-order valence-corrected chi connectivity index (χ4v) is 2.62. The van der Waals surface area contributed by atoms with Gasteiger partial charge >= 0.3 is 5.97 Å². The fraction of sp³-hybridized carbons (Fsp3) is 0.333. The van der Waals surface area contributed by atoms with Gasteiger partial charge in [-0.2, -0.15) is 0 Å². The lowest BCUT2D eigenvalue weighted by molar-refractivity contribution is -0.135. The molecule has 0 aliphatic heterocycles. The summed E-state index contributed by atoms with van der Waals surface area (Å²) < 4.78 is 10.1. The van der Waals surface area contributed by atoms with E-state index in [-0.39, 0.29) is 29.6 Å². The molecular formula is C21H25NO5. The van der Waals surface area contributed by atoms with Crippen LogP contribution >= 0.6 is 0 Å². The highest BCUT2D eigenvalue weighted by Crippen LogP contribution is 2.29. The second kappa shape index (κ2) is 9.62. The molecule has 6 heteroatoms. The van der Waals surface area contributed by atoms with Crippen LogP contribution in [0.25, 0.3) is 0 Å². The Bertz CT molecular complexity index is 786. The Morgan fingerprint density at radius 2 is 1.81 bits per heavy atom. The van der Waals surface area contributed by atoms with Crippen molar-refractivity contribution in [1.29, 1.82) is 0 Å². The lowest BCUT2D eigenvalue weighted by atomic mass is 10.1. The van der Waals surface area contributed by atoms with Crippen molar-refractivity contribution in [2.24, 2.45) is 0 Å². The van der Waals surface area contributed by atoms with Crippen molar-refractivity contribution in [2.45, 2.75) is 26.8 Å². The quantitative estimate of drug-likeness (QED) is 0.721. The first-order chi connectivity index (χ1) is 13.0. The average molecular weight is 371 g/mol. The molecule has 2 rings (SSSR count). The minimum Gasteiger partial charge on any atom is -0.504 e. The highest BCUT2D eigenvalue weighted by atomic mass is 16.5. The van der Waals surface area contributed by atoms with Crippen molar-refractivity contribution in [3.05, 3.63) is 59.2 Å². The smallest absolute Gasteiger partial charge is 0.342 e.